The molecule has 0 aliphatic heterocycles. The van der Waals surface area contributed by atoms with E-state index in [4.69, 9.17) is 6.57 Å². The Labute approximate surface area is 216 Å². The molecule has 0 aromatic rings. The Morgan fingerprint density at radius 3 is 2.25 bits per heavy atom. The summed E-state index contributed by atoms with van der Waals surface area (Å²) in [6, 6.07) is 0. The highest BCUT2D eigenvalue weighted by atomic mass is 16.3. The first-order chi connectivity index (χ1) is 16.5. The summed E-state index contributed by atoms with van der Waals surface area (Å²) in [6.45, 7) is 22.9. The lowest BCUT2D eigenvalue weighted by Crippen LogP contribution is -2.74. The molecule has 5 rings (SSSR count). The molecule has 198 valence electrons. The average molecular weight is 496 g/mol. The summed E-state index contributed by atoms with van der Waals surface area (Å²) in [5.41, 5.74) is -2.56. The van der Waals surface area contributed by atoms with Gasteiger partial charge in [0.25, 0.3) is 0 Å². The van der Waals surface area contributed by atoms with Gasteiger partial charge in [-0.2, -0.15) is 0 Å². The molecule has 0 unspecified atom stereocenters. The van der Waals surface area contributed by atoms with Crippen molar-refractivity contribution in [3.8, 4) is 0 Å². The first-order valence-electron chi connectivity index (χ1n) is 13.9. The third-order valence-electron chi connectivity index (χ3n) is 12.8. The molecule has 0 aromatic carbocycles. The second-order valence-electron chi connectivity index (χ2n) is 15.1. The van der Waals surface area contributed by atoms with Crippen molar-refractivity contribution >= 4 is 5.78 Å². The quantitative estimate of drug-likeness (QED) is 0.369. The zero-order valence-corrected chi connectivity index (χ0v) is 23.3. The van der Waals surface area contributed by atoms with Crippen LogP contribution in [0.5, 0.6) is 0 Å². The molecule has 5 nitrogen and oxygen atoms in total. The number of rotatable bonds is 1. The lowest BCUT2D eigenvalue weighted by molar-refractivity contribution is -0.252. The molecule has 3 fully saturated rings. The first kappa shape index (κ1) is 26.0. The predicted octanol–water partition coefficient (Wildman–Crippen LogP) is 6.37. The Morgan fingerprint density at radius 2 is 1.64 bits per heavy atom. The third-order valence-corrected chi connectivity index (χ3v) is 12.8. The molecular weight excluding hydrogens is 450 g/mol. The lowest BCUT2D eigenvalue weighted by atomic mass is 9.32. The third kappa shape index (κ3) is 2.76. The number of hydrogen-bond donors (Lipinski definition) is 3. The van der Waals surface area contributed by atoms with E-state index in [1.807, 2.05) is 13.8 Å². The maximum atomic E-state index is 14.3. The fraction of sp³-hybridized carbons (Fsp3) is 0.806. The number of nitrogens with zero attached hydrogens (tertiary/aromatic N) is 1. The van der Waals surface area contributed by atoms with Crippen molar-refractivity contribution in [1.29, 1.82) is 0 Å². The van der Waals surface area contributed by atoms with Gasteiger partial charge in [0.05, 0.1) is 6.57 Å². The van der Waals surface area contributed by atoms with E-state index in [2.05, 4.69) is 39.5 Å². The summed E-state index contributed by atoms with van der Waals surface area (Å²) >= 11 is 0. The van der Waals surface area contributed by atoms with Gasteiger partial charge >= 0.3 is 0 Å². The Balaban J connectivity index is 1.72. The van der Waals surface area contributed by atoms with Gasteiger partial charge in [-0.25, -0.2) is 4.85 Å². The zero-order valence-electron chi connectivity index (χ0n) is 23.3. The minimum Gasteiger partial charge on any atom is -0.523 e. The number of carbonyl (C=O) groups excluding carboxylic acids is 1. The number of carbonyl (C=O) groups is 1. The number of fused-ring (bicyclic) bond motifs is 7. The average Bonchev–Trinajstić information content (AvgIpc) is 2.80. The monoisotopic (exact) mass is 495 g/mol. The maximum absolute atomic E-state index is 14.3. The predicted molar refractivity (Wildman–Crippen MR) is 140 cm³/mol. The largest absolute Gasteiger partial charge is 0.523 e. The summed E-state index contributed by atoms with van der Waals surface area (Å²) in [5, 5.41) is 34.4. The van der Waals surface area contributed by atoms with Crippen molar-refractivity contribution in [3.63, 3.8) is 0 Å². The fourth-order valence-electron chi connectivity index (χ4n) is 10.3. The van der Waals surface area contributed by atoms with E-state index in [9.17, 15) is 20.1 Å². The van der Waals surface area contributed by atoms with E-state index in [0.717, 1.165) is 44.1 Å². The molecule has 7 atom stereocenters. The molecule has 0 amide bonds. The maximum Gasteiger partial charge on any atom is 0.203 e. The highest BCUT2D eigenvalue weighted by Crippen LogP contribution is 2.76. The van der Waals surface area contributed by atoms with Gasteiger partial charge in [-0.1, -0.05) is 54.0 Å². The van der Waals surface area contributed by atoms with Crippen LogP contribution >= 0.6 is 0 Å². The van der Waals surface area contributed by atoms with Crippen molar-refractivity contribution in [2.75, 3.05) is 6.61 Å². The van der Waals surface area contributed by atoms with Gasteiger partial charge < -0.3 is 15.3 Å². The van der Waals surface area contributed by atoms with E-state index in [1.165, 1.54) is 0 Å². The van der Waals surface area contributed by atoms with Crippen LogP contribution in [0.1, 0.15) is 99.8 Å². The summed E-state index contributed by atoms with van der Waals surface area (Å²) in [4.78, 5) is 18.1. The van der Waals surface area contributed by atoms with Crippen molar-refractivity contribution in [3.05, 3.63) is 34.5 Å². The second-order valence-corrected chi connectivity index (χ2v) is 15.1. The molecule has 5 aliphatic rings. The van der Waals surface area contributed by atoms with Crippen molar-refractivity contribution < 1.29 is 20.1 Å². The Hall–Kier alpha value is -1.64. The molecule has 3 saturated carbocycles. The van der Waals surface area contributed by atoms with Crippen LogP contribution in [0.3, 0.4) is 0 Å². The number of ketones is 1. The Bertz CT molecular complexity index is 1130. The molecule has 0 bridgehead atoms. The molecule has 0 radical (unpaired) electrons. The highest BCUT2D eigenvalue weighted by Gasteiger charge is 2.75. The van der Waals surface area contributed by atoms with Crippen LogP contribution in [0.15, 0.2) is 23.1 Å². The van der Waals surface area contributed by atoms with Crippen LogP contribution in [0, 0.1) is 50.9 Å². The topological polar surface area (TPSA) is 82.1 Å². The van der Waals surface area contributed by atoms with Crippen LogP contribution in [-0.2, 0) is 4.79 Å². The standard InChI is InChI=1S/C31H45NO4/c1-25(2)11-13-30(18-33)14-12-29(7)28(6)10-9-20-26(3,4)24(35)19(32-8)16-27(20,5)21(28)15-23(34)31(29,36)22(30)17-25/h15,20,22,33,35-36H,9-14,16-18H2,1-7H3/t20-,22+,27-,28+,29-,30+,31+/m0/s1. The zero-order chi connectivity index (χ0) is 26.7. The van der Waals surface area contributed by atoms with Gasteiger partial charge in [0, 0.05) is 23.4 Å². The minimum absolute atomic E-state index is 0.00633. The highest BCUT2D eigenvalue weighted by molar-refractivity contribution is 6.00. The number of allylic oxidation sites excluding steroid dienone is 3. The molecule has 0 saturated heterocycles. The number of hydrogen-bond acceptors (Lipinski definition) is 4. The normalized spacial score (nSPS) is 49.1. The second kappa shape index (κ2) is 7.26. The summed E-state index contributed by atoms with van der Waals surface area (Å²) < 4.78 is 0. The van der Waals surface area contributed by atoms with Gasteiger partial charge in [-0.3, -0.25) is 4.79 Å². The first-order valence-corrected chi connectivity index (χ1v) is 13.9. The van der Waals surface area contributed by atoms with Crippen LogP contribution in [0.4, 0.5) is 0 Å². The molecule has 0 spiro atoms. The van der Waals surface area contributed by atoms with Gasteiger partial charge in [-0.05, 0) is 85.0 Å². The van der Waals surface area contributed by atoms with E-state index < -0.39 is 32.7 Å². The SMILES string of the molecule is [C-]#[N+]C1=C(O)C(C)(C)[C@@H]2CC[C@]3(C)C(=CC(=O)[C@]4(O)[C@@H]5CC(C)(C)CC[C@]5(CO)CC[C@@]34C)[C@@]2(C)C1. The fourth-order valence-corrected chi connectivity index (χ4v) is 10.3. The van der Waals surface area contributed by atoms with E-state index in [-0.39, 0.29) is 35.4 Å². The minimum atomic E-state index is -1.53. The summed E-state index contributed by atoms with van der Waals surface area (Å²) in [6.07, 6.45) is 7.97. The van der Waals surface area contributed by atoms with Crippen LogP contribution in [-0.4, -0.2) is 33.3 Å². The molecular formula is C31H45NO4. The van der Waals surface area contributed by atoms with Gasteiger partial charge in [0.1, 0.15) is 11.4 Å². The van der Waals surface area contributed by atoms with Crippen LogP contribution < -0.4 is 0 Å². The van der Waals surface area contributed by atoms with Gasteiger partial charge in [0.2, 0.25) is 5.70 Å². The molecule has 5 heteroatoms. The van der Waals surface area contributed by atoms with Gasteiger partial charge in [-0.15, -0.1) is 0 Å². The molecule has 3 N–H and O–H groups in total. The number of aliphatic hydroxyl groups is 3. The summed E-state index contributed by atoms with van der Waals surface area (Å²) in [5.74, 6) is -0.189. The molecule has 0 aromatic heterocycles. The number of aliphatic hydroxyl groups excluding tert-OH is 2. The summed E-state index contributed by atoms with van der Waals surface area (Å²) in [7, 11) is 0. The van der Waals surface area contributed by atoms with Crippen molar-refractivity contribution in [2.24, 2.45) is 44.3 Å². The van der Waals surface area contributed by atoms with Crippen LogP contribution in [0.2, 0.25) is 0 Å². The van der Waals surface area contributed by atoms with Crippen molar-refractivity contribution in [2.45, 2.75) is 105 Å². The smallest absolute Gasteiger partial charge is 0.203 e. The van der Waals surface area contributed by atoms with Crippen molar-refractivity contribution in [1.82, 2.24) is 0 Å². The van der Waals surface area contributed by atoms with E-state index in [1.54, 1.807) is 6.08 Å². The molecule has 5 aliphatic carbocycles. The molecule has 36 heavy (non-hydrogen) atoms. The Kier molecular flexibility index (Phi) is 5.24. The lowest BCUT2D eigenvalue weighted by Gasteiger charge is -2.72. The van der Waals surface area contributed by atoms with E-state index >= 15 is 0 Å². The van der Waals surface area contributed by atoms with E-state index in [0.29, 0.717) is 18.5 Å². The van der Waals surface area contributed by atoms with Crippen LogP contribution in [0.25, 0.3) is 4.85 Å². The Morgan fingerprint density at radius 1 is 1.00 bits per heavy atom. The van der Waals surface area contributed by atoms with Gasteiger partial charge in [0.15, 0.2) is 5.78 Å². The molecule has 0 heterocycles.